The molecule has 64 valence electrons. The first-order chi connectivity index (χ1) is 5.84. The number of furan rings is 1. The van der Waals surface area contributed by atoms with Crippen molar-refractivity contribution in [1.29, 1.82) is 0 Å². The van der Waals surface area contributed by atoms with Crippen molar-refractivity contribution < 1.29 is 4.42 Å². The third-order valence-corrected chi connectivity index (χ3v) is 1.74. The van der Waals surface area contributed by atoms with E-state index >= 15 is 0 Å². The molecule has 0 radical (unpaired) electrons. The van der Waals surface area contributed by atoms with Crippen LogP contribution in [0.3, 0.4) is 0 Å². The molecule has 0 aliphatic carbocycles. The summed E-state index contributed by atoms with van der Waals surface area (Å²) >= 11 is 0. The molecule has 1 aromatic rings. The van der Waals surface area contributed by atoms with E-state index in [-0.39, 0.29) is 6.04 Å². The van der Waals surface area contributed by atoms with Crippen LogP contribution in [-0.2, 0) is 0 Å². The van der Waals surface area contributed by atoms with Crippen LogP contribution in [0, 0.1) is 12.3 Å². The van der Waals surface area contributed by atoms with Gasteiger partial charge in [0.05, 0.1) is 12.3 Å². The van der Waals surface area contributed by atoms with E-state index < -0.39 is 0 Å². The minimum Gasteiger partial charge on any atom is -0.468 e. The van der Waals surface area contributed by atoms with Crippen molar-refractivity contribution in [1.82, 2.24) is 0 Å². The molecule has 1 aromatic heterocycles. The van der Waals surface area contributed by atoms with E-state index in [1.165, 1.54) is 0 Å². The van der Waals surface area contributed by atoms with Crippen molar-refractivity contribution >= 4 is 0 Å². The second kappa shape index (κ2) is 4.63. The summed E-state index contributed by atoms with van der Waals surface area (Å²) in [7, 11) is 0. The first-order valence-corrected chi connectivity index (χ1v) is 4.07. The molecular formula is C10H13NO. The highest BCUT2D eigenvalue weighted by atomic mass is 16.3. The third kappa shape index (κ3) is 2.44. The van der Waals surface area contributed by atoms with Crippen LogP contribution in [0.2, 0.25) is 0 Å². The summed E-state index contributed by atoms with van der Waals surface area (Å²) in [6, 6.07) is 3.73. The van der Waals surface area contributed by atoms with Gasteiger partial charge in [-0.1, -0.05) is 0 Å². The van der Waals surface area contributed by atoms with E-state index in [2.05, 4.69) is 5.92 Å². The minimum atomic E-state index is -0.00616. The average molecular weight is 163 g/mol. The zero-order valence-electron chi connectivity index (χ0n) is 6.99. The maximum Gasteiger partial charge on any atom is 0.120 e. The largest absolute Gasteiger partial charge is 0.468 e. The number of hydrogen-bond acceptors (Lipinski definition) is 2. The Kier molecular flexibility index (Phi) is 3.43. The van der Waals surface area contributed by atoms with Crippen molar-refractivity contribution in [2.45, 2.75) is 25.3 Å². The summed E-state index contributed by atoms with van der Waals surface area (Å²) in [6.45, 7) is 0. The fourth-order valence-electron chi connectivity index (χ4n) is 1.07. The molecule has 0 bridgehead atoms. The first-order valence-electron chi connectivity index (χ1n) is 4.07. The van der Waals surface area contributed by atoms with E-state index in [1.54, 1.807) is 6.26 Å². The molecule has 0 fully saturated rings. The molecule has 0 aliphatic heterocycles. The number of hydrogen-bond donors (Lipinski definition) is 1. The van der Waals surface area contributed by atoms with Crippen molar-refractivity contribution in [2.75, 3.05) is 0 Å². The van der Waals surface area contributed by atoms with Crippen LogP contribution in [0.15, 0.2) is 22.8 Å². The Balaban J connectivity index is 2.30. The van der Waals surface area contributed by atoms with Gasteiger partial charge in [0.25, 0.3) is 0 Å². The molecule has 2 heteroatoms. The highest BCUT2D eigenvalue weighted by Gasteiger charge is 2.06. The summed E-state index contributed by atoms with van der Waals surface area (Å²) in [6.07, 6.45) is 9.38. The van der Waals surface area contributed by atoms with E-state index in [0.717, 1.165) is 25.0 Å². The molecule has 0 aromatic carbocycles. The maximum absolute atomic E-state index is 5.82. The molecule has 0 amide bonds. The quantitative estimate of drug-likeness (QED) is 0.545. The van der Waals surface area contributed by atoms with Crippen LogP contribution in [0.4, 0.5) is 0 Å². The monoisotopic (exact) mass is 163 g/mol. The normalized spacial score (nSPS) is 12.3. The highest BCUT2D eigenvalue weighted by molar-refractivity contribution is 5.03. The van der Waals surface area contributed by atoms with Gasteiger partial charge < -0.3 is 10.2 Å². The van der Waals surface area contributed by atoms with Crippen LogP contribution in [0.5, 0.6) is 0 Å². The van der Waals surface area contributed by atoms with Crippen LogP contribution < -0.4 is 5.73 Å². The molecule has 1 unspecified atom stereocenters. The fraction of sp³-hybridized carbons (Fsp3) is 0.400. The van der Waals surface area contributed by atoms with Crippen LogP contribution in [0.25, 0.3) is 0 Å². The second-order valence-corrected chi connectivity index (χ2v) is 2.72. The predicted octanol–water partition coefficient (Wildman–Crippen LogP) is 2.08. The molecule has 0 saturated carbocycles. The van der Waals surface area contributed by atoms with Gasteiger partial charge in [0, 0.05) is 6.42 Å². The number of terminal acetylenes is 1. The molecule has 0 aliphatic rings. The Bertz CT molecular complexity index is 245. The van der Waals surface area contributed by atoms with E-state index in [0.29, 0.717) is 0 Å². The molecule has 2 N–H and O–H groups in total. The SMILES string of the molecule is C#CCCCC(N)c1ccco1. The van der Waals surface area contributed by atoms with Gasteiger partial charge in [-0.05, 0) is 25.0 Å². The molecule has 1 atom stereocenters. The molecule has 0 saturated heterocycles. The van der Waals surface area contributed by atoms with Crippen molar-refractivity contribution in [3.8, 4) is 12.3 Å². The standard InChI is InChI=1S/C10H13NO/c1-2-3-4-6-9(11)10-7-5-8-12-10/h1,5,7-9H,3-4,6,11H2. The maximum atomic E-state index is 5.82. The minimum absolute atomic E-state index is 0.00616. The number of unbranched alkanes of at least 4 members (excludes halogenated alkanes) is 1. The lowest BCUT2D eigenvalue weighted by molar-refractivity contribution is 0.447. The number of nitrogens with two attached hydrogens (primary N) is 1. The summed E-state index contributed by atoms with van der Waals surface area (Å²) in [5.74, 6) is 3.42. The van der Waals surface area contributed by atoms with Crippen LogP contribution in [-0.4, -0.2) is 0 Å². The van der Waals surface area contributed by atoms with Gasteiger partial charge in [-0.25, -0.2) is 0 Å². The smallest absolute Gasteiger partial charge is 0.120 e. The van der Waals surface area contributed by atoms with E-state index in [4.69, 9.17) is 16.6 Å². The lowest BCUT2D eigenvalue weighted by atomic mass is 10.1. The molecule has 1 rings (SSSR count). The summed E-state index contributed by atoms with van der Waals surface area (Å²) in [5.41, 5.74) is 5.82. The van der Waals surface area contributed by atoms with E-state index in [9.17, 15) is 0 Å². The van der Waals surface area contributed by atoms with Crippen LogP contribution in [0.1, 0.15) is 31.1 Å². The van der Waals surface area contributed by atoms with Gasteiger partial charge in [-0.2, -0.15) is 0 Å². The van der Waals surface area contributed by atoms with Crippen molar-refractivity contribution in [2.24, 2.45) is 5.73 Å². The van der Waals surface area contributed by atoms with Gasteiger partial charge >= 0.3 is 0 Å². The molecule has 12 heavy (non-hydrogen) atoms. The zero-order valence-corrected chi connectivity index (χ0v) is 6.99. The lowest BCUT2D eigenvalue weighted by Gasteiger charge is -2.05. The Morgan fingerprint density at radius 2 is 2.50 bits per heavy atom. The summed E-state index contributed by atoms with van der Waals surface area (Å²) in [5, 5.41) is 0. The molecule has 1 heterocycles. The molecular weight excluding hydrogens is 150 g/mol. The van der Waals surface area contributed by atoms with Gasteiger partial charge in [-0.3, -0.25) is 0 Å². The Labute approximate surface area is 72.8 Å². The topological polar surface area (TPSA) is 39.2 Å². The Hall–Kier alpha value is -1.20. The average Bonchev–Trinajstić information content (AvgIpc) is 2.56. The van der Waals surface area contributed by atoms with Gasteiger partial charge in [0.1, 0.15) is 5.76 Å². The number of rotatable bonds is 4. The van der Waals surface area contributed by atoms with Gasteiger partial charge in [0.15, 0.2) is 0 Å². The molecule has 0 spiro atoms. The summed E-state index contributed by atoms with van der Waals surface area (Å²) < 4.78 is 5.15. The van der Waals surface area contributed by atoms with Crippen molar-refractivity contribution in [3.63, 3.8) is 0 Å². The zero-order chi connectivity index (χ0) is 8.81. The first kappa shape index (κ1) is 8.89. The Morgan fingerprint density at radius 3 is 3.08 bits per heavy atom. The molecule has 2 nitrogen and oxygen atoms in total. The summed E-state index contributed by atoms with van der Waals surface area (Å²) in [4.78, 5) is 0. The third-order valence-electron chi connectivity index (χ3n) is 1.74. The predicted molar refractivity (Wildman–Crippen MR) is 48.3 cm³/mol. The second-order valence-electron chi connectivity index (χ2n) is 2.72. The van der Waals surface area contributed by atoms with Gasteiger partial charge in [0.2, 0.25) is 0 Å². The van der Waals surface area contributed by atoms with Crippen LogP contribution >= 0.6 is 0 Å². The van der Waals surface area contributed by atoms with E-state index in [1.807, 2.05) is 12.1 Å². The highest BCUT2D eigenvalue weighted by Crippen LogP contribution is 2.16. The Morgan fingerprint density at radius 1 is 1.67 bits per heavy atom. The van der Waals surface area contributed by atoms with Gasteiger partial charge in [-0.15, -0.1) is 12.3 Å². The lowest BCUT2D eigenvalue weighted by Crippen LogP contribution is -2.08. The van der Waals surface area contributed by atoms with Crippen molar-refractivity contribution in [3.05, 3.63) is 24.2 Å². The fourth-order valence-corrected chi connectivity index (χ4v) is 1.07.